The molecule has 1 unspecified atom stereocenters. The van der Waals surface area contributed by atoms with E-state index in [-0.39, 0.29) is 11.9 Å². The molecule has 0 aliphatic carbocycles. The molecule has 0 radical (unpaired) electrons. The fourth-order valence-corrected chi connectivity index (χ4v) is 3.98. The van der Waals surface area contributed by atoms with Crippen LogP contribution in [0, 0.1) is 0 Å². The summed E-state index contributed by atoms with van der Waals surface area (Å²) in [5.74, 6) is 0.759. The molecule has 0 aliphatic heterocycles. The van der Waals surface area contributed by atoms with Gasteiger partial charge in [-0.2, -0.15) is 0 Å². The number of para-hydroxylation sites is 1. The Bertz CT molecular complexity index is 1170. The summed E-state index contributed by atoms with van der Waals surface area (Å²) in [6.07, 6.45) is 5.82. The van der Waals surface area contributed by atoms with Crippen LogP contribution in [0.4, 0.5) is 10.5 Å². The number of carbonyl (C=O) groups is 1. The summed E-state index contributed by atoms with van der Waals surface area (Å²) in [6, 6.07) is 19.5. The van der Waals surface area contributed by atoms with Gasteiger partial charge in [0.05, 0.1) is 6.61 Å². The lowest BCUT2D eigenvalue weighted by Gasteiger charge is -2.18. The van der Waals surface area contributed by atoms with Crippen molar-refractivity contribution in [2.45, 2.75) is 26.3 Å². The van der Waals surface area contributed by atoms with Crippen molar-refractivity contribution in [1.29, 1.82) is 0 Å². The fourth-order valence-electron chi connectivity index (χ4n) is 3.98. The maximum atomic E-state index is 12.6. The van der Waals surface area contributed by atoms with Crippen LogP contribution in [0.25, 0.3) is 10.9 Å². The molecule has 32 heavy (non-hydrogen) atoms. The van der Waals surface area contributed by atoms with Crippen LogP contribution in [0.15, 0.2) is 79.3 Å². The van der Waals surface area contributed by atoms with Gasteiger partial charge in [-0.25, -0.2) is 4.79 Å². The van der Waals surface area contributed by atoms with Crippen LogP contribution in [0.3, 0.4) is 0 Å². The van der Waals surface area contributed by atoms with Crippen molar-refractivity contribution in [2.75, 3.05) is 18.5 Å². The van der Waals surface area contributed by atoms with Gasteiger partial charge in [-0.05, 0) is 61.4 Å². The number of pyridine rings is 1. The zero-order valence-corrected chi connectivity index (χ0v) is 18.4. The Kier molecular flexibility index (Phi) is 6.70. The molecular weight excluding hydrogens is 400 g/mol. The van der Waals surface area contributed by atoms with E-state index in [1.165, 1.54) is 16.5 Å². The third kappa shape index (κ3) is 4.75. The van der Waals surface area contributed by atoms with Crippen molar-refractivity contribution >= 4 is 22.6 Å². The molecule has 2 aromatic carbocycles. The predicted octanol–water partition coefficient (Wildman–Crippen LogP) is 5.41. The average molecular weight is 429 g/mol. The number of hydrogen-bond acceptors (Lipinski definition) is 3. The molecule has 0 bridgehead atoms. The van der Waals surface area contributed by atoms with E-state index < -0.39 is 0 Å². The SMILES string of the molecule is CCOc1ccc(NC(=O)NCC(c2cccnc2)c2cn(CC)c3ccccc23)cc1. The molecule has 4 aromatic rings. The highest BCUT2D eigenvalue weighted by Crippen LogP contribution is 2.32. The van der Waals surface area contributed by atoms with E-state index in [4.69, 9.17) is 4.74 Å². The van der Waals surface area contributed by atoms with Crippen LogP contribution in [-0.2, 0) is 6.54 Å². The van der Waals surface area contributed by atoms with Gasteiger partial charge in [0.2, 0.25) is 0 Å². The summed E-state index contributed by atoms with van der Waals surface area (Å²) in [5, 5.41) is 7.13. The van der Waals surface area contributed by atoms with Gasteiger partial charge in [0.25, 0.3) is 0 Å². The Labute approximate surface area is 188 Å². The Morgan fingerprint density at radius 2 is 1.88 bits per heavy atom. The van der Waals surface area contributed by atoms with Gasteiger partial charge in [-0.15, -0.1) is 0 Å². The number of rotatable bonds is 8. The van der Waals surface area contributed by atoms with Crippen LogP contribution in [-0.4, -0.2) is 28.7 Å². The first kappa shape index (κ1) is 21.4. The van der Waals surface area contributed by atoms with Gasteiger partial charge < -0.3 is 19.9 Å². The molecule has 0 aliphatic rings. The summed E-state index contributed by atoms with van der Waals surface area (Å²) in [6.45, 7) is 6.02. The van der Waals surface area contributed by atoms with Crippen molar-refractivity contribution in [1.82, 2.24) is 14.9 Å². The lowest BCUT2D eigenvalue weighted by molar-refractivity contribution is 0.252. The molecule has 2 amide bonds. The maximum Gasteiger partial charge on any atom is 0.319 e. The monoisotopic (exact) mass is 428 g/mol. The Balaban J connectivity index is 1.54. The number of anilines is 1. The first-order valence-electron chi connectivity index (χ1n) is 10.9. The van der Waals surface area contributed by atoms with E-state index >= 15 is 0 Å². The number of hydrogen-bond donors (Lipinski definition) is 2. The van der Waals surface area contributed by atoms with Crippen molar-refractivity contribution in [3.05, 3.63) is 90.4 Å². The van der Waals surface area contributed by atoms with Crippen LogP contribution < -0.4 is 15.4 Å². The molecule has 6 nitrogen and oxygen atoms in total. The lowest BCUT2D eigenvalue weighted by atomic mass is 9.92. The molecule has 1 atom stereocenters. The Hall–Kier alpha value is -3.80. The minimum absolute atomic E-state index is 0.0209. The molecule has 2 N–H and O–H groups in total. The number of fused-ring (bicyclic) bond motifs is 1. The average Bonchev–Trinajstić information content (AvgIpc) is 3.20. The molecule has 0 saturated heterocycles. The molecule has 0 saturated carbocycles. The topological polar surface area (TPSA) is 68.2 Å². The molecule has 2 aromatic heterocycles. The number of carbonyl (C=O) groups excluding carboxylic acids is 1. The minimum atomic E-state index is -0.248. The predicted molar refractivity (Wildman–Crippen MR) is 128 cm³/mol. The smallest absolute Gasteiger partial charge is 0.319 e. The zero-order chi connectivity index (χ0) is 22.3. The highest BCUT2D eigenvalue weighted by Gasteiger charge is 2.20. The van der Waals surface area contributed by atoms with Crippen LogP contribution in [0.5, 0.6) is 5.75 Å². The van der Waals surface area contributed by atoms with Crippen molar-refractivity contribution in [3.63, 3.8) is 0 Å². The highest BCUT2D eigenvalue weighted by atomic mass is 16.5. The largest absolute Gasteiger partial charge is 0.494 e. The lowest BCUT2D eigenvalue weighted by Crippen LogP contribution is -2.32. The van der Waals surface area contributed by atoms with E-state index in [0.29, 0.717) is 18.8 Å². The second kappa shape index (κ2) is 10.0. The summed E-state index contributed by atoms with van der Waals surface area (Å²) in [5.41, 5.74) is 4.15. The number of benzene rings is 2. The third-order valence-corrected chi connectivity index (χ3v) is 5.51. The number of nitrogens with one attached hydrogen (secondary N) is 2. The summed E-state index contributed by atoms with van der Waals surface area (Å²) in [4.78, 5) is 17.0. The van der Waals surface area contributed by atoms with E-state index in [2.05, 4.69) is 63.6 Å². The van der Waals surface area contributed by atoms with Gasteiger partial charge in [-0.3, -0.25) is 4.98 Å². The molecule has 164 valence electrons. The molecule has 6 heteroatoms. The quantitative estimate of drug-likeness (QED) is 0.394. The van der Waals surface area contributed by atoms with E-state index in [0.717, 1.165) is 17.9 Å². The Morgan fingerprint density at radius 1 is 1.06 bits per heavy atom. The standard InChI is InChI=1S/C26H28N4O2/c1-3-30-18-24(22-9-5-6-10-25(22)30)23(19-8-7-15-27-16-19)17-28-26(31)29-20-11-13-21(14-12-20)32-4-2/h5-16,18,23H,3-4,17H2,1-2H3,(H2,28,29,31). The van der Waals surface area contributed by atoms with Crippen molar-refractivity contribution < 1.29 is 9.53 Å². The van der Waals surface area contributed by atoms with E-state index in [9.17, 15) is 4.79 Å². The third-order valence-electron chi connectivity index (χ3n) is 5.51. The summed E-state index contributed by atoms with van der Waals surface area (Å²) < 4.78 is 7.70. The normalized spacial score (nSPS) is 11.8. The van der Waals surface area contributed by atoms with Crippen molar-refractivity contribution in [3.8, 4) is 5.75 Å². The number of urea groups is 1. The number of aromatic nitrogens is 2. The maximum absolute atomic E-state index is 12.6. The van der Waals surface area contributed by atoms with E-state index in [1.807, 2.05) is 43.5 Å². The molecule has 0 fully saturated rings. The fraction of sp³-hybridized carbons (Fsp3) is 0.231. The molecular formula is C26H28N4O2. The van der Waals surface area contributed by atoms with Crippen molar-refractivity contribution in [2.24, 2.45) is 0 Å². The second-order valence-corrected chi connectivity index (χ2v) is 7.52. The summed E-state index contributed by atoms with van der Waals surface area (Å²) in [7, 11) is 0. The number of ether oxygens (including phenoxy) is 1. The number of amides is 2. The van der Waals surface area contributed by atoms with Gasteiger partial charge in [0, 0.05) is 54.2 Å². The first-order chi connectivity index (χ1) is 15.7. The van der Waals surface area contributed by atoms with Crippen LogP contribution in [0.2, 0.25) is 0 Å². The number of aryl methyl sites for hydroxylation is 1. The summed E-state index contributed by atoms with van der Waals surface area (Å²) >= 11 is 0. The van der Waals surface area contributed by atoms with Crippen LogP contribution in [0.1, 0.15) is 30.9 Å². The Morgan fingerprint density at radius 3 is 2.59 bits per heavy atom. The molecule has 2 heterocycles. The zero-order valence-electron chi connectivity index (χ0n) is 18.4. The van der Waals surface area contributed by atoms with Gasteiger partial charge in [-0.1, -0.05) is 24.3 Å². The van der Waals surface area contributed by atoms with E-state index in [1.54, 1.807) is 6.20 Å². The highest BCUT2D eigenvalue weighted by molar-refractivity contribution is 5.89. The number of nitrogens with zero attached hydrogens (tertiary/aromatic N) is 2. The molecule has 4 rings (SSSR count). The van der Waals surface area contributed by atoms with Gasteiger partial charge in [0.15, 0.2) is 0 Å². The van der Waals surface area contributed by atoms with Gasteiger partial charge >= 0.3 is 6.03 Å². The first-order valence-corrected chi connectivity index (χ1v) is 10.9. The van der Waals surface area contributed by atoms with Crippen LogP contribution >= 0.6 is 0 Å². The van der Waals surface area contributed by atoms with Gasteiger partial charge in [0.1, 0.15) is 5.75 Å². The minimum Gasteiger partial charge on any atom is -0.494 e. The second-order valence-electron chi connectivity index (χ2n) is 7.52. The molecule has 0 spiro atoms.